The van der Waals surface area contributed by atoms with Crippen LogP contribution in [-0.4, -0.2) is 14.1 Å². The minimum Gasteiger partial charge on any atom is -0.370 e. The van der Waals surface area contributed by atoms with Gasteiger partial charge in [-0.3, -0.25) is 0 Å². The van der Waals surface area contributed by atoms with E-state index >= 15 is 0 Å². The highest BCUT2D eigenvalue weighted by atomic mass is 19.1. The van der Waals surface area contributed by atoms with Crippen molar-refractivity contribution in [3.05, 3.63) is 65.0 Å². The monoisotopic (exact) mass is 272 g/mol. The van der Waals surface area contributed by atoms with Crippen molar-refractivity contribution in [2.75, 3.05) is 19.0 Å². The fraction of sp³-hybridized carbons (Fsp3) is 0.294. The molecule has 2 rings (SSSR count). The maximum atomic E-state index is 13.7. The molecular weight excluding hydrogens is 251 g/mol. The van der Waals surface area contributed by atoms with Gasteiger partial charge in [0, 0.05) is 25.8 Å². The van der Waals surface area contributed by atoms with Crippen molar-refractivity contribution >= 4 is 5.69 Å². The fourth-order valence-corrected chi connectivity index (χ4v) is 2.34. The lowest BCUT2D eigenvalue weighted by molar-refractivity contribution is 0.623. The van der Waals surface area contributed by atoms with Crippen molar-refractivity contribution in [3.8, 4) is 0 Å². The number of nitrogens with one attached hydrogen (secondary N) is 1. The predicted molar refractivity (Wildman–Crippen MR) is 82.4 cm³/mol. The number of hydrogen-bond acceptors (Lipinski definition) is 2. The molecule has 0 spiro atoms. The molecule has 0 bridgehead atoms. The lowest BCUT2D eigenvalue weighted by Crippen LogP contribution is -2.17. The number of anilines is 1. The van der Waals surface area contributed by atoms with Crippen molar-refractivity contribution in [1.29, 1.82) is 0 Å². The van der Waals surface area contributed by atoms with E-state index < -0.39 is 0 Å². The van der Waals surface area contributed by atoms with E-state index in [9.17, 15) is 4.39 Å². The van der Waals surface area contributed by atoms with Crippen LogP contribution in [0, 0.1) is 12.7 Å². The highest BCUT2D eigenvalue weighted by Gasteiger charge is 2.06. The number of nitrogens with zero attached hydrogens (tertiary/aromatic N) is 1. The molecule has 0 atom stereocenters. The van der Waals surface area contributed by atoms with Crippen LogP contribution >= 0.6 is 0 Å². The molecule has 2 aromatic rings. The molecule has 3 heteroatoms. The molecule has 0 aromatic heterocycles. The highest BCUT2D eigenvalue weighted by molar-refractivity contribution is 5.49. The standard InChI is InChI=1S/C17H21FN2/c1-13-5-4-6-14(7-13)12-20(3)17-9-15(11-19-2)8-16(18)10-17/h4-10,19H,11-12H2,1-3H3. The third kappa shape index (κ3) is 3.81. The molecule has 1 N–H and O–H groups in total. The molecule has 0 aliphatic heterocycles. The Hall–Kier alpha value is -1.87. The number of hydrogen-bond donors (Lipinski definition) is 1. The Morgan fingerprint density at radius 1 is 1.10 bits per heavy atom. The molecule has 0 radical (unpaired) electrons. The predicted octanol–water partition coefficient (Wildman–Crippen LogP) is 3.49. The summed E-state index contributed by atoms with van der Waals surface area (Å²) in [6.45, 7) is 3.52. The van der Waals surface area contributed by atoms with E-state index in [1.165, 1.54) is 11.1 Å². The van der Waals surface area contributed by atoms with E-state index in [-0.39, 0.29) is 5.82 Å². The first-order chi connectivity index (χ1) is 9.58. The van der Waals surface area contributed by atoms with Gasteiger partial charge in [0.1, 0.15) is 5.82 Å². The zero-order valence-electron chi connectivity index (χ0n) is 12.3. The Balaban J connectivity index is 2.18. The van der Waals surface area contributed by atoms with E-state index in [0.717, 1.165) is 17.8 Å². The van der Waals surface area contributed by atoms with Gasteiger partial charge in [0.2, 0.25) is 0 Å². The number of rotatable bonds is 5. The summed E-state index contributed by atoms with van der Waals surface area (Å²) in [4.78, 5) is 2.07. The lowest BCUT2D eigenvalue weighted by atomic mass is 10.1. The smallest absolute Gasteiger partial charge is 0.125 e. The van der Waals surface area contributed by atoms with Crippen LogP contribution in [0.3, 0.4) is 0 Å². The number of aryl methyl sites for hydroxylation is 1. The van der Waals surface area contributed by atoms with E-state index in [0.29, 0.717) is 6.54 Å². The van der Waals surface area contributed by atoms with Crippen LogP contribution in [0.4, 0.5) is 10.1 Å². The highest BCUT2D eigenvalue weighted by Crippen LogP contribution is 2.20. The summed E-state index contributed by atoms with van der Waals surface area (Å²) in [5.41, 5.74) is 4.33. The second-order valence-electron chi connectivity index (χ2n) is 5.19. The summed E-state index contributed by atoms with van der Waals surface area (Å²) < 4.78 is 13.7. The van der Waals surface area contributed by atoms with Gasteiger partial charge in [-0.15, -0.1) is 0 Å². The summed E-state index contributed by atoms with van der Waals surface area (Å²) in [7, 11) is 3.85. The van der Waals surface area contributed by atoms with E-state index in [4.69, 9.17) is 0 Å². The maximum absolute atomic E-state index is 13.7. The van der Waals surface area contributed by atoms with Gasteiger partial charge in [0.25, 0.3) is 0 Å². The van der Waals surface area contributed by atoms with Gasteiger partial charge in [-0.25, -0.2) is 4.39 Å². The SMILES string of the molecule is CNCc1cc(F)cc(N(C)Cc2cccc(C)c2)c1. The molecule has 0 unspecified atom stereocenters. The number of benzene rings is 2. The molecule has 0 aliphatic rings. The van der Waals surface area contributed by atoms with Gasteiger partial charge in [0.15, 0.2) is 0 Å². The summed E-state index contributed by atoms with van der Waals surface area (Å²) in [6.07, 6.45) is 0. The third-order valence-electron chi connectivity index (χ3n) is 3.27. The molecule has 0 amide bonds. The van der Waals surface area contributed by atoms with Crippen LogP contribution < -0.4 is 10.2 Å². The van der Waals surface area contributed by atoms with Crippen molar-refractivity contribution < 1.29 is 4.39 Å². The fourth-order valence-electron chi connectivity index (χ4n) is 2.34. The zero-order chi connectivity index (χ0) is 14.5. The minimum atomic E-state index is -0.191. The Morgan fingerprint density at radius 2 is 1.90 bits per heavy atom. The van der Waals surface area contributed by atoms with Crippen molar-refractivity contribution in [2.24, 2.45) is 0 Å². The van der Waals surface area contributed by atoms with Crippen LogP contribution in [0.2, 0.25) is 0 Å². The molecule has 106 valence electrons. The van der Waals surface area contributed by atoms with Gasteiger partial charge in [-0.2, -0.15) is 0 Å². The van der Waals surface area contributed by atoms with Crippen molar-refractivity contribution in [3.63, 3.8) is 0 Å². The Kier molecular flexibility index (Phi) is 4.74. The summed E-state index contributed by atoms with van der Waals surface area (Å²) in [5, 5.41) is 3.05. The molecule has 0 saturated carbocycles. The van der Waals surface area contributed by atoms with Crippen LogP contribution in [0.1, 0.15) is 16.7 Å². The molecule has 2 nitrogen and oxygen atoms in total. The summed E-state index contributed by atoms with van der Waals surface area (Å²) in [5.74, 6) is -0.191. The quantitative estimate of drug-likeness (QED) is 0.896. The molecule has 0 heterocycles. The van der Waals surface area contributed by atoms with Crippen LogP contribution in [0.15, 0.2) is 42.5 Å². The molecule has 2 aromatic carbocycles. The van der Waals surface area contributed by atoms with E-state index in [2.05, 4.69) is 41.4 Å². The van der Waals surface area contributed by atoms with Crippen molar-refractivity contribution in [1.82, 2.24) is 5.32 Å². The third-order valence-corrected chi connectivity index (χ3v) is 3.27. The maximum Gasteiger partial charge on any atom is 0.125 e. The van der Waals surface area contributed by atoms with Crippen molar-refractivity contribution in [2.45, 2.75) is 20.0 Å². The Morgan fingerprint density at radius 3 is 2.60 bits per heavy atom. The molecular formula is C17H21FN2. The summed E-state index contributed by atoms with van der Waals surface area (Å²) in [6, 6.07) is 13.6. The topological polar surface area (TPSA) is 15.3 Å². The van der Waals surface area contributed by atoms with E-state index in [1.807, 2.05) is 20.2 Å². The number of halogens is 1. The van der Waals surface area contributed by atoms with Crippen LogP contribution in [-0.2, 0) is 13.1 Å². The Labute approximate surface area is 120 Å². The first-order valence-corrected chi connectivity index (χ1v) is 6.79. The zero-order valence-corrected chi connectivity index (χ0v) is 12.3. The second kappa shape index (κ2) is 6.53. The van der Waals surface area contributed by atoms with Crippen LogP contribution in [0.5, 0.6) is 0 Å². The van der Waals surface area contributed by atoms with Gasteiger partial charge < -0.3 is 10.2 Å². The molecule has 0 fully saturated rings. The molecule has 0 aliphatic carbocycles. The summed E-state index contributed by atoms with van der Waals surface area (Å²) >= 11 is 0. The van der Waals surface area contributed by atoms with Gasteiger partial charge >= 0.3 is 0 Å². The normalized spacial score (nSPS) is 10.6. The first-order valence-electron chi connectivity index (χ1n) is 6.79. The lowest BCUT2D eigenvalue weighted by Gasteiger charge is -2.20. The van der Waals surface area contributed by atoms with Gasteiger partial charge in [0.05, 0.1) is 0 Å². The Bertz CT molecular complexity index is 581. The minimum absolute atomic E-state index is 0.191. The largest absolute Gasteiger partial charge is 0.370 e. The average Bonchev–Trinajstić information content (AvgIpc) is 2.38. The molecule has 20 heavy (non-hydrogen) atoms. The van der Waals surface area contributed by atoms with Crippen LogP contribution in [0.25, 0.3) is 0 Å². The first kappa shape index (κ1) is 14.5. The average molecular weight is 272 g/mol. The molecule has 0 saturated heterocycles. The second-order valence-corrected chi connectivity index (χ2v) is 5.19. The van der Waals surface area contributed by atoms with Gasteiger partial charge in [-0.05, 0) is 43.3 Å². The van der Waals surface area contributed by atoms with E-state index in [1.54, 1.807) is 12.1 Å². The van der Waals surface area contributed by atoms with Gasteiger partial charge in [-0.1, -0.05) is 29.8 Å².